The Labute approximate surface area is 216 Å². The first-order chi connectivity index (χ1) is 17.3. The van der Waals surface area contributed by atoms with Crippen molar-refractivity contribution >= 4 is 27.5 Å². The number of sulfonamides is 1. The lowest BCUT2D eigenvalue weighted by atomic mass is 9.96. The third kappa shape index (κ3) is 5.19. The van der Waals surface area contributed by atoms with E-state index in [-0.39, 0.29) is 35.3 Å². The van der Waals surface area contributed by atoms with Crippen LogP contribution in [0.3, 0.4) is 0 Å². The van der Waals surface area contributed by atoms with Crippen LogP contribution in [0, 0.1) is 0 Å². The number of carbonyl (C=O) groups excluding carboxylic acids is 1. The zero-order valence-electron chi connectivity index (χ0n) is 20.1. The Morgan fingerprint density at radius 2 is 1.75 bits per heavy atom. The zero-order valence-corrected chi connectivity index (χ0v) is 21.7. The first kappa shape index (κ1) is 24.9. The molecular formula is C26H29ClN4O4S. The molecule has 2 fully saturated rings. The molecular weight excluding hydrogens is 500 g/mol. The van der Waals surface area contributed by atoms with E-state index in [2.05, 4.69) is 10.2 Å². The smallest absolute Gasteiger partial charge is 0.254 e. The van der Waals surface area contributed by atoms with Gasteiger partial charge >= 0.3 is 0 Å². The lowest BCUT2D eigenvalue weighted by Crippen LogP contribution is -2.38. The second-order valence-electron chi connectivity index (χ2n) is 9.49. The van der Waals surface area contributed by atoms with Crippen LogP contribution in [0.1, 0.15) is 61.2 Å². The number of hydrogen-bond donors (Lipinski definition) is 0. The predicted molar refractivity (Wildman–Crippen MR) is 136 cm³/mol. The molecule has 1 amide bonds. The molecule has 190 valence electrons. The van der Waals surface area contributed by atoms with E-state index in [1.165, 1.54) is 10.4 Å². The molecule has 2 aromatic carbocycles. The summed E-state index contributed by atoms with van der Waals surface area (Å²) in [4.78, 5) is 15.3. The summed E-state index contributed by atoms with van der Waals surface area (Å²) in [7, 11) is -2.06. The maximum atomic E-state index is 13.5. The number of amides is 1. The van der Waals surface area contributed by atoms with Gasteiger partial charge in [0.2, 0.25) is 21.8 Å². The average molecular weight is 529 g/mol. The Morgan fingerprint density at radius 1 is 1.00 bits per heavy atom. The van der Waals surface area contributed by atoms with Gasteiger partial charge in [-0.3, -0.25) is 4.79 Å². The number of aromatic nitrogens is 2. The Hall–Kier alpha value is -2.75. The van der Waals surface area contributed by atoms with E-state index in [4.69, 9.17) is 16.0 Å². The van der Waals surface area contributed by atoms with Crippen LogP contribution in [-0.4, -0.2) is 52.9 Å². The maximum Gasteiger partial charge on any atom is 0.254 e. The van der Waals surface area contributed by atoms with E-state index < -0.39 is 10.0 Å². The normalized spacial score (nSPS) is 16.9. The highest BCUT2D eigenvalue weighted by molar-refractivity contribution is 7.89. The highest BCUT2D eigenvalue weighted by Gasteiger charge is 2.35. The molecule has 0 spiro atoms. The third-order valence-corrected chi connectivity index (χ3v) is 9.21. The molecule has 1 heterocycles. The molecule has 0 radical (unpaired) electrons. The van der Waals surface area contributed by atoms with Crippen LogP contribution in [-0.2, 0) is 16.6 Å². The molecule has 0 bridgehead atoms. The Kier molecular flexibility index (Phi) is 7.14. The lowest BCUT2D eigenvalue weighted by Gasteiger charge is -2.30. The summed E-state index contributed by atoms with van der Waals surface area (Å²) in [6, 6.07) is 13.6. The largest absolute Gasteiger partial charge is 0.419 e. The van der Waals surface area contributed by atoms with Crippen molar-refractivity contribution in [1.29, 1.82) is 0 Å². The molecule has 0 aliphatic heterocycles. The van der Waals surface area contributed by atoms with Gasteiger partial charge < -0.3 is 9.32 Å². The van der Waals surface area contributed by atoms with Gasteiger partial charge in [0.25, 0.3) is 5.91 Å². The fraction of sp³-hybridized carbons (Fsp3) is 0.423. The monoisotopic (exact) mass is 528 g/mol. The summed E-state index contributed by atoms with van der Waals surface area (Å²) in [5.74, 6) is 0.330. The number of carbonyl (C=O) groups is 1. The summed E-state index contributed by atoms with van der Waals surface area (Å²) in [6.07, 6.45) is 6.69. The van der Waals surface area contributed by atoms with Gasteiger partial charge in [-0.15, -0.1) is 10.2 Å². The Morgan fingerprint density at radius 3 is 2.47 bits per heavy atom. The number of hydrogen-bond acceptors (Lipinski definition) is 6. The molecule has 5 rings (SSSR count). The van der Waals surface area contributed by atoms with Crippen LogP contribution >= 0.6 is 11.6 Å². The van der Waals surface area contributed by atoms with Gasteiger partial charge in [-0.25, -0.2) is 8.42 Å². The van der Waals surface area contributed by atoms with Gasteiger partial charge in [0, 0.05) is 24.7 Å². The topological polar surface area (TPSA) is 96.6 Å². The summed E-state index contributed by atoms with van der Waals surface area (Å²) >= 11 is 6.24. The van der Waals surface area contributed by atoms with Gasteiger partial charge in [-0.1, -0.05) is 49.1 Å². The summed E-state index contributed by atoms with van der Waals surface area (Å²) < 4.78 is 34.0. The van der Waals surface area contributed by atoms with Crippen LogP contribution in [0.15, 0.2) is 57.8 Å². The van der Waals surface area contributed by atoms with Crippen molar-refractivity contribution < 1.29 is 17.6 Å². The second-order valence-corrected chi connectivity index (χ2v) is 11.9. The predicted octanol–water partition coefficient (Wildman–Crippen LogP) is 5.15. The third-order valence-electron chi connectivity index (χ3n) is 6.97. The van der Waals surface area contributed by atoms with Gasteiger partial charge in [0.15, 0.2) is 0 Å². The molecule has 3 aromatic rings. The van der Waals surface area contributed by atoms with Gasteiger partial charge in [-0.2, -0.15) is 4.31 Å². The molecule has 0 saturated heterocycles. The van der Waals surface area contributed by atoms with E-state index in [0.717, 1.165) is 44.9 Å². The van der Waals surface area contributed by atoms with Gasteiger partial charge in [0.05, 0.1) is 22.0 Å². The summed E-state index contributed by atoms with van der Waals surface area (Å²) in [6.45, 7) is 0.139. The molecule has 36 heavy (non-hydrogen) atoms. The minimum atomic E-state index is -3.71. The molecule has 0 unspecified atom stereocenters. The molecule has 2 aliphatic carbocycles. The van der Waals surface area contributed by atoms with Crippen molar-refractivity contribution in [3.05, 3.63) is 65.0 Å². The second kappa shape index (κ2) is 10.3. The van der Waals surface area contributed by atoms with Crippen molar-refractivity contribution in [2.24, 2.45) is 0 Å². The van der Waals surface area contributed by atoms with Crippen LogP contribution in [0.2, 0.25) is 5.02 Å². The van der Waals surface area contributed by atoms with Crippen molar-refractivity contribution in [2.45, 2.75) is 68.5 Å². The molecule has 0 N–H and O–H groups in total. The van der Waals surface area contributed by atoms with E-state index in [1.807, 2.05) is 12.1 Å². The van der Waals surface area contributed by atoms with Crippen LogP contribution < -0.4 is 0 Å². The lowest BCUT2D eigenvalue weighted by molar-refractivity contribution is 0.0714. The number of halogens is 1. The fourth-order valence-corrected chi connectivity index (χ4v) is 6.40. The maximum absolute atomic E-state index is 13.5. The van der Waals surface area contributed by atoms with Crippen molar-refractivity contribution in [1.82, 2.24) is 19.4 Å². The van der Waals surface area contributed by atoms with Crippen LogP contribution in [0.4, 0.5) is 0 Å². The first-order valence-electron chi connectivity index (χ1n) is 12.3. The van der Waals surface area contributed by atoms with Crippen molar-refractivity contribution in [3.8, 4) is 11.5 Å². The highest BCUT2D eigenvalue weighted by atomic mass is 35.5. The highest BCUT2D eigenvalue weighted by Crippen LogP contribution is 2.32. The molecule has 2 aliphatic rings. The Balaban J connectivity index is 1.36. The quantitative estimate of drug-likeness (QED) is 0.401. The molecule has 0 atom stereocenters. The minimum Gasteiger partial charge on any atom is -0.419 e. The van der Waals surface area contributed by atoms with E-state index in [0.29, 0.717) is 22.0 Å². The van der Waals surface area contributed by atoms with E-state index in [1.54, 1.807) is 42.3 Å². The zero-order chi connectivity index (χ0) is 25.3. The number of benzene rings is 2. The standard InChI is InChI=1S/C26H29ClN4O4S/c1-30(19-9-3-2-4-10-19)36(33,34)21-11-7-8-18(16-21)26(32)31(20-14-15-20)17-24-28-29-25(35-24)22-12-5-6-13-23(22)27/h5-8,11-13,16,19-20H,2-4,9-10,14-15,17H2,1H3. The number of rotatable bonds is 8. The van der Waals surface area contributed by atoms with Gasteiger partial charge in [-0.05, 0) is 56.0 Å². The summed E-state index contributed by atoms with van der Waals surface area (Å²) in [5.41, 5.74) is 0.952. The van der Waals surface area contributed by atoms with Crippen LogP contribution in [0.25, 0.3) is 11.5 Å². The van der Waals surface area contributed by atoms with Gasteiger partial charge in [0.1, 0.15) is 0 Å². The van der Waals surface area contributed by atoms with Crippen molar-refractivity contribution in [3.63, 3.8) is 0 Å². The SMILES string of the molecule is CN(C1CCCCC1)S(=O)(=O)c1cccc(C(=O)N(Cc2nnc(-c3ccccc3Cl)o2)C2CC2)c1. The molecule has 2 saturated carbocycles. The molecule has 10 heteroatoms. The molecule has 8 nitrogen and oxygen atoms in total. The van der Waals surface area contributed by atoms with Crippen LogP contribution in [0.5, 0.6) is 0 Å². The molecule has 1 aromatic heterocycles. The Bertz CT molecular complexity index is 1350. The average Bonchev–Trinajstić information content (AvgIpc) is 3.64. The fourth-order valence-electron chi connectivity index (χ4n) is 4.72. The van der Waals surface area contributed by atoms with Crippen molar-refractivity contribution in [2.75, 3.05) is 7.05 Å². The van der Waals surface area contributed by atoms with E-state index >= 15 is 0 Å². The number of nitrogens with zero attached hydrogens (tertiary/aromatic N) is 4. The minimum absolute atomic E-state index is 0.00379. The summed E-state index contributed by atoms with van der Waals surface area (Å²) in [5, 5.41) is 8.72. The first-order valence-corrected chi connectivity index (χ1v) is 14.1. The van der Waals surface area contributed by atoms with E-state index in [9.17, 15) is 13.2 Å².